The lowest BCUT2D eigenvalue weighted by Gasteiger charge is -2.12. The van der Waals surface area contributed by atoms with Crippen molar-refractivity contribution in [2.75, 3.05) is 0 Å². The second-order valence-electron chi connectivity index (χ2n) is 4.20. The Kier molecular flexibility index (Phi) is 3.56. The Balaban J connectivity index is 1.90. The van der Waals surface area contributed by atoms with Crippen LogP contribution in [0.25, 0.3) is 0 Å². The second-order valence-corrected chi connectivity index (χ2v) is 4.20. The van der Waals surface area contributed by atoms with Gasteiger partial charge < -0.3 is 0 Å². The van der Waals surface area contributed by atoms with Crippen LogP contribution in [0.2, 0.25) is 0 Å². The van der Waals surface area contributed by atoms with E-state index in [1.807, 2.05) is 12.4 Å². The molecule has 2 rings (SSSR count). The molecule has 0 spiro atoms. The Hall–Kier alpha value is -0.850. The smallest absolute Gasteiger partial charge is 0.0270 e. The van der Waals surface area contributed by atoms with Crippen LogP contribution in [-0.2, 0) is 6.42 Å². The number of pyridine rings is 1. The molecule has 1 aromatic rings. The first-order valence-corrected chi connectivity index (χ1v) is 5.67. The molecule has 1 radical (unpaired) electrons. The number of nitrogens with zero attached hydrogens (tertiary/aromatic N) is 1. The van der Waals surface area contributed by atoms with Crippen LogP contribution in [0.5, 0.6) is 0 Å². The lowest BCUT2D eigenvalue weighted by atomic mass is 9.93. The molecular formula is C13H18N. The standard InChI is InChI=1S/C13H18N/c1-2-4-6-12(5-3-1)11-13-7-9-14-10-8-13/h7-10H,1-6,11H2. The molecule has 1 heteroatoms. The minimum atomic E-state index is 1.18. The molecule has 1 heterocycles. The van der Waals surface area contributed by atoms with Crippen LogP contribution in [0, 0.1) is 5.92 Å². The summed E-state index contributed by atoms with van der Waals surface area (Å²) in [5.41, 5.74) is 1.43. The van der Waals surface area contributed by atoms with Crippen molar-refractivity contribution in [3.63, 3.8) is 0 Å². The Bertz CT molecular complexity index is 247. The van der Waals surface area contributed by atoms with Crippen LogP contribution < -0.4 is 0 Å². The van der Waals surface area contributed by atoms with Crippen LogP contribution in [0.1, 0.15) is 44.1 Å². The summed E-state index contributed by atoms with van der Waals surface area (Å²) in [4.78, 5) is 4.05. The van der Waals surface area contributed by atoms with Crippen molar-refractivity contribution in [2.45, 2.75) is 44.9 Å². The van der Waals surface area contributed by atoms with E-state index in [1.165, 1.54) is 50.5 Å². The number of hydrogen-bond acceptors (Lipinski definition) is 1. The lowest BCUT2D eigenvalue weighted by Crippen LogP contribution is -2.00. The van der Waals surface area contributed by atoms with Crippen molar-refractivity contribution in [3.05, 3.63) is 36.0 Å². The topological polar surface area (TPSA) is 12.9 Å². The van der Waals surface area contributed by atoms with Gasteiger partial charge in [-0.05, 0) is 42.9 Å². The Morgan fingerprint density at radius 3 is 2.21 bits per heavy atom. The van der Waals surface area contributed by atoms with Crippen molar-refractivity contribution in [1.29, 1.82) is 0 Å². The third kappa shape index (κ3) is 2.83. The molecule has 14 heavy (non-hydrogen) atoms. The molecule has 0 amide bonds. The van der Waals surface area contributed by atoms with E-state index < -0.39 is 0 Å². The largest absolute Gasteiger partial charge is 0.265 e. The van der Waals surface area contributed by atoms with E-state index in [0.717, 1.165) is 0 Å². The number of rotatable bonds is 2. The van der Waals surface area contributed by atoms with Gasteiger partial charge in [-0.2, -0.15) is 0 Å². The summed E-state index contributed by atoms with van der Waals surface area (Å²) in [5, 5.41) is 0. The van der Waals surface area contributed by atoms with Crippen LogP contribution in [-0.4, -0.2) is 4.98 Å². The lowest BCUT2D eigenvalue weighted by molar-refractivity contribution is 0.700. The molecule has 0 bridgehead atoms. The maximum Gasteiger partial charge on any atom is 0.0270 e. The molecule has 1 aliphatic carbocycles. The Morgan fingerprint density at radius 1 is 0.929 bits per heavy atom. The minimum absolute atomic E-state index is 1.18. The molecule has 0 N–H and O–H groups in total. The fraction of sp³-hybridized carbons (Fsp3) is 0.538. The molecule has 0 atom stereocenters. The summed E-state index contributed by atoms with van der Waals surface area (Å²) < 4.78 is 0. The van der Waals surface area contributed by atoms with Gasteiger partial charge in [0.15, 0.2) is 0 Å². The predicted molar refractivity (Wildman–Crippen MR) is 58.9 cm³/mol. The van der Waals surface area contributed by atoms with Gasteiger partial charge in [0.1, 0.15) is 0 Å². The van der Waals surface area contributed by atoms with Crippen molar-refractivity contribution >= 4 is 0 Å². The van der Waals surface area contributed by atoms with Crippen LogP contribution in [0.4, 0.5) is 0 Å². The molecule has 0 aliphatic heterocycles. The van der Waals surface area contributed by atoms with Crippen molar-refractivity contribution in [3.8, 4) is 0 Å². The first-order valence-electron chi connectivity index (χ1n) is 5.67. The first kappa shape index (κ1) is 9.70. The molecular weight excluding hydrogens is 170 g/mol. The molecule has 1 saturated carbocycles. The molecule has 0 aromatic carbocycles. The van der Waals surface area contributed by atoms with Crippen molar-refractivity contribution in [2.24, 2.45) is 0 Å². The summed E-state index contributed by atoms with van der Waals surface area (Å²) in [6, 6.07) is 4.27. The van der Waals surface area contributed by atoms with Crippen LogP contribution >= 0.6 is 0 Å². The maximum absolute atomic E-state index is 4.05. The van der Waals surface area contributed by atoms with Gasteiger partial charge in [0.25, 0.3) is 0 Å². The fourth-order valence-corrected chi connectivity index (χ4v) is 2.19. The Labute approximate surface area is 86.6 Å². The number of hydrogen-bond donors (Lipinski definition) is 0. The molecule has 1 nitrogen and oxygen atoms in total. The summed E-state index contributed by atoms with van der Waals surface area (Å²) in [5.74, 6) is 1.74. The zero-order chi connectivity index (χ0) is 9.64. The summed E-state index contributed by atoms with van der Waals surface area (Å²) in [6.07, 6.45) is 13.3. The van der Waals surface area contributed by atoms with Crippen LogP contribution in [0.15, 0.2) is 24.5 Å². The number of aromatic nitrogens is 1. The van der Waals surface area contributed by atoms with E-state index in [0.29, 0.717) is 0 Å². The van der Waals surface area contributed by atoms with E-state index in [9.17, 15) is 0 Å². The highest BCUT2D eigenvalue weighted by molar-refractivity contribution is 5.15. The predicted octanol–water partition coefficient (Wildman–Crippen LogP) is 3.55. The molecule has 1 aromatic heterocycles. The van der Waals surface area contributed by atoms with Gasteiger partial charge in [-0.15, -0.1) is 0 Å². The van der Waals surface area contributed by atoms with Gasteiger partial charge in [0.2, 0.25) is 0 Å². The minimum Gasteiger partial charge on any atom is -0.265 e. The zero-order valence-corrected chi connectivity index (χ0v) is 8.71. The fourth-order valence-electron chi connectivity index (χ4n) is 2.19. The van der Waals surface area contributed by atoms with Gasteiger partial charge in [-0.25, -0.2) is 0 Å². The molecule has 75 valence electrons. The van der Waals surface area contributed by atoms with Crippen molar-refractivity contribution < 1.29 is 0 Å². The quantitative estimate of drug-likeness (QED) is 0.647. The van der Waals surface area contributed by atoms with Gasteiger partial charge in [-0.3, -0.25) is 4.98 Å². The monoisotopic (exact) mass is 188 g/mol. The highest BCUT2D eigenvalue weighted by Crippen LogP contribution is 2.27. The van der Waals surface area contributed by atoms with Gasteiger partial charge in [-0.1, -0.05) is 25.7 Å². The SMILES string of the molecule is c1cc(C[C]2CCCCCC2)ccn1. The normalized spacial score (nSPS) is 19.1. The second kappa shape index (κ2) is 5.14. The average molecular weight is 188 g/mol. The molecule has 1 aliphatic rings. The maximum atomic E-state index is 4.05. The van der Waals surface area contributed by atoms with E-state index in [2.05, 4.69) is 17.1 Å². The third-order valence-corrected chi connectivity index (χ3v) is 3.01. The van der Waals surface area contributed by atoms with E-state index in [1.54, 1.807) is 5.92 Å². The zero-order valence-electron chi connectivity index (χ0n) is 8.71. The summed E-state index contributed by atoms with van der Waals surface area (Å²) in [7, 11) is 0. The van der Waals surface area contributed by atoms with Gasteiger partial charge >= 0.3 is 0 Å². The molecule has 0 saturated heterocycles. The summed E-state index contributed by atoms with van der Waals surface area (Å²) in [6.45, 7) is 0. The molecule has 1 fully saturated rings. The van der Waals surface area contributed by atoms with Crippen LogP contribution in [0.3, 0.4) is 0 Å². The summed E-state index contributed by atoms with van der Waals surface area (Å²) >= 11 is 0. The average Bonchev–Trinajstić information content (AvgIpc) is 2.48. The Morgan fingerprint density at radius 2 is 1.57 bits per heavy atom. The highest BCUT2D eigenvalue weighted by atomic mass is 14.6. The van der Waals surface area contributed by atoms with Crippen molar-refractivity contribution in [1.82, 2.24) is 4.98 Å². The third-order valence-electron chi connectivity index (χ3n) is 3.01. The van der Waals surface area contributed by atoms with E-state index in [4.69, 9.17) is 0 Å². The van der Waals surface area contributed by atoms with Gasteiger partial charge in [0, 0.05) is 12.4 Å². The van der Waals surface area contributed by atoms with E-state index in [-0.39, 0.29) is 0 Å². The molecule has 0 unspecified atom stereocenters. The highest BCUT2D eigenvalue weighted by Gasteiger charge is 2.12. The first-order chi connectivity index (χ1) is 6.95. The van der Waals surface area contributed by atoms with Gasteiger partial charge in [0.05, 0.1) is 0 Å². The van der Waals surface area contributed by atoms with E-state index >= 15 is 0 Å².